The summed E-state index contributed by atoms with van der Waals surface area (Å²) in [4.78, 5) is 13.2. The van der Waals surface area contributed by atoms with Gasteiger partial charge in [0.1, 0.15) is 5.75 Å². The fourth-order valence-electron chi connectivity index (χ4n) is 1.14. The molecular formula is C11H14Br2N2O2. The van der Waals surface area contributed by atoms with E-state index < -0.39 is 0 Å². The third kappa shape index (κ3) is 3.89. The molecule has 0 aliphatic rings. The molecule has 0 saturated heterocycles. The Balaban J connectivity index is 2.73. The minimum Gasteiger partial charge on any atom is -0.481 e. The summed E-state index contributed by atoms with van der Waals surface area (Å²) in [7, 11) is 1.73. The largest absolute Gasteiger partial charge is 0.481 e. The first kappa shape index (κ1) is 14.3. The number of carbonyl (C=O) groups excluding carboxylic acids is 1. The number of hydrogen-bond donors (Lipinski definition) is 1. The third-order valence-corrected chi connectivity index (χ3v) is 3.44. The average Bonchev–Trinajstić information content (AvgIpc) is 2.26. The molecule has 1 aromatic rings. The minimum absolute atomic E-state index is 0.00541. The fourth-order valence-corrected chi connectivity index (χ4v) is 2.59. The molecule has 0 unspecified atom stereocenters. The number of likely N-dealkylation sites (N-methyl/N-ethyl adjacent to an activating group) is 1. The number of amides is 1. The zero-order valence-corrected chi connectivity index (χ0v) is 12.8. The molecule has 1 aromatic carbocycles. The van der Waals surface area contributed by atoms with Crippen molar-refractivity contribution in [2.45, 2.75) is 6.92 Å². The summed E-state index contributed by atoms with van der Waals surface area (Å²) in [5, 5.41) is 0. The van der Waals surface area contributed by atoms with E-state index in [4.69, 9.17) is 10.5 Å². The molecule has 0 radical (unpaired) electrons. The second-order valence-corrected chi connectivity index (χ2v) is 5.22. The standard InChI is InChI=1S/C11H14Br2N2O2/c1-3-15(2)10(16)6-17-11-8(12)4-7(14)5-9(11)13/h4-5H,3,6,14H2,1-2H3. The van der Waals surface area contributed by atoms with Crippen molar-refractivity contribution in [3.8, 4) is 5.75 Å². The minimum atomic E-state index is -0.0666. The van der Waals surface area contributed by atoms with E-state index >= 15 is 0 Å². The summed E-state index contributed by atoms with van der Waals surface area (Å²) in [5.74, 6) is 0.514. The van der Waals surface area contributed by atoms with E-state index in [1.807, 2.05) is 6.92 Å². The smallest absolute Gasteiger partial charge is 0.260 e. The van der Waals surface area contributed by atoms with E-state index in [1.54, 1.807) is 24.1 Å². The quantitative estimate of drug-likeness (QED) is 0.834. The van der Waals surface area contributed by atoms with Crippen LogP contribution in [0.1, 0.15) is 6.92 Å². The molecule has 17 heavy (non-hydrogen) atoms. The van der Waals surface area contributed by atoms with Gasteiger partial charge in [-0.05, 0) is 50.9 Å². The Hall–Kier alpha value is -0.750. The Kier molecular flexibility index (Phi) is 5.27. The van der Waals surface area contributed by atoms with Crippen LogP contribution in [-0.4, -0.2) is 31.0 Å². The van der Waals surface area contributed by atoms with E-state index in [0.29, 0.717) is 18.0 Å². The highest BCUT2D eigenvalue weighted by atomic mass is 79.9. The number of carbonyl (C=O) groups is 1. The maximum absolute atomic E-state index is 11.6. The van der Waals surface area contributed by atoms with Crippen molar-refractivity contribution in [3.63, 3.8) is 0 Å². The van der Waals surface area contributed by atoms with Gasteiger partial charge in [0.15, 0.2) is 6.61 Å². The summed E-state index contributed by atoms with van der Waals surface area (Å²) >= 11 is 6.68. The second kappa shape index (κ2) is 6.26. The molecule has 0 aliphatic heterocycles. The van der Waals surface area contributed by atoms with Gasteiger partial charge >= 0.3 is 0 Å². The Bertz CT molecular complexity index is 401. The van der Waals surface area contributed by atoms with Gasteiger partial charge in [0.2, 0.25) is 0 Å². The van der Waals surface area contributed by atoms with Crippen LogP contribution in [0, 0.1) is 0 Å². The van der Waals surface area contributed by atoms with Crippen molar-refractivity contribution in [2.75, 3.05) is 25.9 Å². The van der Waals surface area contributed by atoms with Gasteiger partial charge in [-0.1, -0.05) is 0 Å². The van der Waals surface area contributed by atoms with Crippen molar-refractivity contribution in [2.24, 2.45) is 0 Å². The Morgan fingerprint density at radius 3 is 2.41 bits per heavy atom. The number of benzene rings is 1. The van der Waals surface area contributed by atoms with E-state index in [-0.39, 0.29) is 12.5 Å². The molecule has 0 saturated carbocycles. The first-order chi connectivity index (χ1) is 7.95. The number of anilines is 1. The number of nitrogens with two attached hydrogens (primary N) is 1. The van der Waals surface area contributed by atoms with Crippen LogP contribution in [-0.2, 0) is 4.79 Å². The number of halogens is 2. The molecule has 4 nitrogen and oxygen atoms in total. The summed E-state index contributed by atoms with van der Waals surface area (Å²) < 4.78 is 6.90. The highest BCUT2D eigenvalue weighted by molar-refractivity contribution is 9.11. The molecule has 1 rings (SSSR count). The van der Waals surface area contributed by atoms with Crippen LogP contribution in [0.5, 0.6) is 5.75 Å². The number of hydrogen-bond acceptors (Lipinski definition) is 3. The van der Waals surface area contributed by atoms with Crippen LogP contribution in [0.15, 0.2) is 21.1 Å². The molecule has 0 atom stereocenters. The molecular weight excluding hydrogens is 352 g/mol. The lowest BCUT2D eigenvalue weighted by atomic mass is 10.3. The van der Waals surface area contributed by atoms with Gasteiger partial charge in [0, 0.05) is 19.3 Å². The summed E-state index contributed by atoms with van der Waals surface area (Å²) in [6.45, 7) is 2.57. The van der Waals surface area contributed by atoms with Gasteiger partial charge in [-0.15, -0.1) is 0 Å². The predicted octanol–water partition coefficient (Wildman–Crippen LogP) is 2.65. The zero-order chi connectivity index (χ0) is 13.0. The number of ether oxygens (including phenoxy) is 1. The maximum Gasteiger partial charge on any atom is 0.260 e. The second-order valence-electron chi connectivity index (χ2n) is 3.51. The molecule has 0 heterocycles. The number of nitrogen functional groups attached to an aromatic ring is 1. The molecule has 0 fully saturated rings. The van der Waals surface area contributed by atoms with Gasteiger partial charge in [-0.25, -0.2) is 0 Å². The lowest BCUT2D eigenvalue weighted by Crippen LogP contribution is -2.31. The lowest BCUT2D eigenvalue weighted by Gasteiger charge is -2.16. The first-order valence-electron chi connectivity index (χ1n) is 5.07. The first-order valence-corrected chi connectivity index (χ1v) is 6.65. The molecule has 94 valence electrons. The molecule has 0 bridgehead atoms. The van der Waals surface area contributed by atoms with Crippen molar-refractivity contribution in [1.82, 2.24) is 4.90 Å². The van der Waals surface area contributed by atoms with E-state index in [2.05, 4.69) is 31.9 Å². The maximum atomic E-state index is 11.6. The number of nitrogens with zero attached hydrogens (tertiary/aromatic N) is 1. The highest BCUT2D eigenvalue weighted by Crippen LogP contribution is 2.35. The van der Waals surface area contributed by atoms with Crippen molar-refractivity contribution < 1.29 is 9.53 Å². The SMILES string of the molecule is CCN(C)C(=O)COc1c(Br)cc(N)cc1Br. The van der Waals surface area contributed by atoms with Crippen LogP contribution in [0.4, 0.5) is 5.69 Å². The van der Waals surface area contributed by atoms with Crippen molar-refractivity contribution >= 4 is 43.5 Å². The monoisotopic (exact) mass is 364 g/mol. The molecule has 0 spiro atoms. The van der Waals surface area contributed by atoms with Gasteiger partial charge in [-0.3, -0.25) is 4.79 Å². The fraction of sp³-hybridized carbons (Fsp3) is 0.364. The molecule has 0 aliphatic carbocycles. The Morgan fingerprint density at radius 1 is 1.41 bits per heavy atom. The molecule has 2 N–H and O–H groups in total. The van der Waals surface area contributed by atoms with Crippen molar-refractivity contribution in [1.29, 1.82) is 0 Å². The average molecular weight is 366 g/mol. The normalized spacial score (nSPS) is 10.1. The van der Waals surface area contributed by atoms with Crippen LogP contribution in [0.2, 0.25) is 0 Å². The van der Waals surface area contributed by atoms with Crippen molar-refractivity contribution in [3.05, 3.63) is 21.1 Å². The van der Waals surface area contributed by atoms with E-state index in [0.717, 1.165) is 8.95 Å². The van der Waals surface area contributed by atoms with Crippen LogP contribution < -0.4 is 10.5 Å². The molecule has 1 amide bonds. The topological polar surface area (TPSA) is 55.6 Å². The molecule has 6 heteroatoms. The summed E-state index contributed by atoms with van der Waals surface area (Å²) in [6, 6.07) is 3.46. The van der Waals surface area contributed by atoms with E-state index in [1.165, 1.54) is 0 Å². The third-order valence-electron chi connectivity index (χ3n) is 2.26. The van der Waals surface area contributed by atoms with Crippen LogP contribution in [0.3, 0.4) is 0 Å². The van der Waals surface area contributed by atoms with Crippen LogP contribution in [0.25, 0.3) is 0 Å². The van der Waals surface area contributed by atoms with E-state index in [9.17, 15) is 4.79 Å². The highest BCUT2D eigenvalue weighted by Gasteiger charge is 2.12. The van der Waals surface area contributed by atoms with Gasteiger partial charge < -0.3 is 15.4 Å². The summed E-state index contributed by atoms with van der Waals surface area (Å²) in [6.07, 6.45) is 0. The van der Waals surface area contributed by atoms with Gasteiger partial charge in [0.25, 0.3) is 5.91 Å². The predicted molar refractivity (Wildman–Crippen MR) is 75.1 cm³/mol. The summed E-state index contributed by atoms with van der Waals surface area (Å²) in [5.41, 5.74) is 6.28. The Labute approximate surface area is 117 Å². The van der Waals surface area contributed by atoms with Gasteiger partial charge in [-0.2, -0.15) is 0 Å². The molecule has 0 aromatic heterocycles. The van der Waals surface area contributed by atoms with Gasteiger partial charge in [0.05, 0.1) is 8.95 Å². The zero-order valence-electron chi connectivity index (χ0n) is 9.67. The Morgan fingerprint density at radius 2 is 1.94 bits per heavy atom. The lowest BCUT2D eigenvalue weighted by molar-refractivity contribution is -0.131. The van der Waals surface area contributed by atoms with Crippen LogP contribution >= 0.6 is 31.9 Å². The number of rotatable bonds is 4.